The van der Waals surface area contributed by atoms with Crippen molar-refractivity contribution >= 4 is 16.0 Å². The third-order valence-electron chi connectivity index (χ3n) is 3.10. The minimum atomic E-state index is -4.37. The molecule has 21 heavy (non-hydrogen) atoms. The maximum atomic E-state index is 13.8. The lowest BCUT2D eigenvalue weighted by atomic mass is 10.0. The van der Waals surface area contributed by atoms with Crippen LogP contribution in [0.25, 0.3) is 0 Å². The second kappa shape index (κ2) is 6.48. The van der Waals surface area contributed by atoms with Gasteiger partial charge in [0.05, 0.1) is 24.3 Å². The fourth-order valence-electron chi connectivity index (χ4n) is 1.60. The molecule has 0 aliphatic heterocycles. The highest BCUT2D eigenvalue weighted by Crippen LogP contribution is 2.19. The average molecular weight is 321 g/mol. The number of sulfonamides is 1. The lowest BCUT2D eigenvalue weighted by molar-refractivity contribution is 0.0696. The third-order valence-corrected chi connectivity index (χ3v) is 4.71. The van der Waals surface area contributed by atoms with Crippen LogP contribution < -0.4 is 4.72 Å². The van der Waals surface area contributed by atoms with Crippen LogP contribution in [0.4, 0.5) is 4.39 Å². The van der Waals surface area contributed by atoms with E-state index in [0.29, 0.717) is 6.07 Å². The number of carbonyl (C=O) groups is 1. The van der Waals surface area contributed by atoms with Gasteiger partial charge in [0.2, 0.25) is 10.0 Å². The molecule has 0 atom stereocenters. The van der Waals surface area contributed by atoms with Crippen molar-refractivity contribution in [2.75, 3.05) is 13.2 Å². The number of carboxylic acids is 1. The zero-order valence-electron chi connectivity index (χ0n) is 11.2. The van der Waals surface area contributed by atoms with E-state index in [4.69, 9.17) is 5.11 Å². The molecule has 7 nitrogen and oxygen atoms in total. The monoisotopic (exact) mass is 321 g/mol. The van der Waals surface area contributed by atoms with Crippen LogP contribution in [0.2, 0.25) is 0 Å². The fraction of sp³-hybridized carbons (Fsp3) is 0.417. The van der Waals surface area contributed by atoms with Crippen LogP contribution in [0.15, 0.2) is 23.1 Å². The molecule has 0 fully saturated rings. The second-order valence-corrected chi connectivity index (χ2v) is 6.16. The molecule has 0 heterocycles. The minimum Gasteiger partial charge on any atom is -0.478 e. The largest absolute Gasteiger partial charge is 0.478 e. The number of rotatable bonds is 7. The zero-order valence-corrected chi connectivity index (χ0v) is 12.0. The van der Waals surface area contributed by atoms with Gasteiger partial charge in [0, 0.05) is 0 Å². The van der Waals surface area contributed by atoms with Crippen LogP contribution in [0, 0.1) is 5.82 Å². The Hall–Kier alpha value is -1.55. The first-order chi connectivity index (χ1) is 9.71. The van der Waals surface area contributed by atoms with Gasteiger partial charge in [0.25, 0.3) is 0 Å². The molecule has 0 aliphatic rings. The molecular weight excluding hydrogens is 305 g/mol. The molecule has 0 spiro atoms. The SMILES string of the molecule is CCC(CO)(CO)NS(=O)(=O)c1ccc(C(=O)O)cc1F. The molecule has 0 saturated carbocycles. The number of hydrogen-bond donors (Lipinski definition) is 4. The summed E-state index contributed by atoms with van der Waals surface area (Å²) in [4.78, 5) is 9.93. The van der Waals surface area contributed by atoms with E-state index in [9.17, 15) is 27.8 Å². The van der Waals surface area contributed by atoms with E-state index >= 15 is 0 Å². The van der Waals surface area contributed by atoms with Gasteiger partial charge < -0.3 is 15.3 Å². The first-order valence-electron chi connectivity index (χ1n) is 6.00. The first-order valence-corrected chi connectivity index (χ1v) is 7.48. The van der Waals surface area contributed by atoms with Crippen molar-refractivity contribution in [2.24, 2.45) is 0 Å². The molecule has 0 saturated heterocycles. The van der Waals surface area contributed by atoms with E-state index < -0.39 is 51.0 Å². The van der Waals surface area contributed by atoms with Crippen molar-refractivity contribution in [3.8, 4) is 0 Å². The van der Waals surface area contributed by atoms with Crippen LogP contribution in [0.3, 0.4) is 0 Å². The summed E-state index contributed by atoms with van der Waals surface area (Å²) in [7, 11) is -4.37. The highest BCUT2D eigenvalue weighted by Gasteiger charge is 2.34. The number of aliphatic hydroxyl groups is 2. The Labute approximate surface area is 121 Å². The van der Waals surface area contributed by atoms with Gasteiger partial charge in [0.15, 0.2) is 0 Å². The predicted octanol–water partition coefficient (Wildman–Crippen LogP) is -0.0644. The van der Waals surface area contributed by atoms with Crippen molar-refractivity contribution < 1.29 is 32.9 Å². The Kier molecular flexibility index (Phi) is 5.40. The number of benzene rings is 1. The maximum Gasteiger partial charge on any atom is 0.335 e. The molecule has 0 aliphatic carbocycles. The smallest absolute Gasteiger partial charge is 0.335 e. The molecule has 9 heteroatoms. The molecule has 1 aromatic carbocycles. The topological polar surface area (TPSA) is 124 Å². The van der Waals surface area contributed by atoms with E-state index in [1.54, 1.807) is 6.92 Å². The lowest BCUT2D eigenvalue weighted by Gasteiger charge is -2.29. The van der Waals surface area contributed by atoms with Gasteiger partial charge in [-0.2, -0.15) is 0 Å². The number of nitrogens with one attached hydrogen (secondary N) is 1. The van der Waals surface area contributed by atoms with Gasteiger partial charge in [-0.15, -0.1) is 0 Å². The van der Waals surface area contributed by atoms with E-state index in [2.05, 4.69) is 0 Å². The summed E-state index contributed by atoms with van der Waals surface area (Å²) in [5, 5.41) is 27.1. The van der Waals surface area contributed by atoms with Crippen LogP contribution in [-0.2, 0) is 10.0 Å². The van der Waals surface area contributed by atoms with Crippen molar-refractivity contribution in [1.29, 1.82) is 0 Å². The molecule has 0 unspecified atom stereocenters. The molecule has 0 radical (unpaired) electrons. The third kappa shape index (κ3) is 3.76. The summed E-state index contributed by atoms with van der Waals surface area (Å²) in [5.74, 6) is -2.62. The first kappa shape index (κ1) is 17.5. The summed E-state index contributed by atoms with van der Waals surface area (Å²) < 4.78 is 40.0. The molecular formula is C12H16FNO6S. The van der Waals surface area contributed by atoms with E-state index in [-0.39, 0.29) is 6.42 Å². The van der Waals surface area contributed by atoms with Crippen molar-refractivity contribution in [3.63, 3.8) is 0 Å². The molecule has 1 aromatic rings. The van der Waals surface area contributed by atoms with Gasteiger partial charge in [-0.1, -0.05) is 6.92 Å². The van der Waals surface area contributed by atoms with E-state index in [1.807, 2.05) is 4.72 Å². The van der Waals surface area contributed by atoms with Gasteiger partial charge >= 0.3 is 5.97 Å². The predicted molar refractivity (Wildman–Crippen MR) is 70.9 cm³/mol. The van der Waals surface area contributed by atoms with Crippen LogP contribution >= 0.6 is 0 Å². The Bertz CT molecular complexity index is 618. The average Bonchev–Trinajstić information content (AvgIpc) is 2.44. The van der Waals surface area contributed by atoms with E-state index in [0.717, 1.165) is 12.1 Å². The summed E-state index contributed by atoms with van der Waals surface area (Å²) in [6, 6.07) is 2.35. The van der Waals surface area contributed by atoms with Gasteiger partial charge in [-0.3, -0.25) is 0 Å². The van der Waals surface area contributed by atoms with Crippen molar-refractivity contribution in [3.05, 3.63) is 29.6 Å². The molecule has 1 rings (SSSR count). The van der Waals surface area contributed by atoms with Crippen molar-refractivity contribution in [1.82, 2.24) is 4.72 Å². The molecule has 0 aromatic heterocycles. The van der Waals surface area contributed by atoms with Crippen LogP contribution in [0.5, 0.6) is 0 Å². The Morgan fingerprint density at radius 1 is 1.33 bits per heavy atom. The molecule has 118 valence electrons. The number of hydrogen-bond acceptors (Lipinski definition) is 5. The summed E-state index contributed by atoms with van der Waals surface area (Å²) >= 11 is 0. The molecule has 4 N–H and O–H groups in total. The number of aliphatic hydroxyl groups excluding tert-OH is 2. The highest BCUT2D eigenvalue weighted by molar-refractivity contribution is 7.89. The van der Waals surface area contributed by atoms with Gasteiger partial charge in [0.1, 0.15) is 10.7 Å². The standard InChI is InChI=1S/C12H16FNO6S/c1-2-12(6-15,7-16)14-21(19,20)10-4-3-8(11(17)18)5-9(10)13/h3-5,14-16H,2,6-7H2,1H3,(H,17,18). The number of aromatic carboxylic acids is 1. The maximum absolute atomic E-state index is 13.8. The number of halogens is 1. The summed E-state index contributed by atoms with van der Waals surface area (Å²) in [6.07, 6.45) is 0.0774. The van der Waals surface area contributed by atoms with Crippen LogP contribution in [-0.4, -0.2) is 48.5 Å². The minimum absolute atomic E-state index is 0.0774. The summed E-state index contributed by atoms with van der Waals surface area (Å²) in [6.45, 7) is 0.195. The normalized spacial score (nSPS) is 12.4. The van der Waals surface area contributed by atoms with Gasteiger partial charge in [-0.25, -0.2) is 22.3 Å². The van der Waals surface area contributed by atoms with Crippen molar-refractivity contribution in [2.45, 2.75) is 23.8 Å². The van der Waals surface area contributed by atoms with Crippen LogP contribution in [0.1, 0.15) is 23.7 Å². The summed E-state index contributed by atoms with van der Waals surface area (Å²) in [5.41, 5.74) is -1.91. The van der Waals surface area contributed by atoms with E-state index in [1.165, 1.54) is 0 Å². The number of carboxylic acid groups (broad SMARTS) is 1. The quantitative estimate of drug-likeness (QED) is 0.557. The second-order valence-electron chi connectivity index (χ2n) is 4.51. The Morgan fingerprint density at radius 2 is 1.90 bits per heavy atom. The molecule has 0 bridgehead atoms. The highest BCUT2D eigenvalue weighted by atomic mass is 32.2. The Morgan fingerprint density at radius 3 is 2.29 bits per heavy atom. The Balaban J connectivity index is 3.23. The molecule has 0 amide bonds. The van der Waals surface area contributed by atoms with Gasteiger partial charge in [-0.05, 0) is 24.6 Å². The lowest BCUT2D eigenvalue weighted by Crippen LogP contribution is -2.53. The zero-order chi connectivity index (χ0) is 16.3. The fourth-order valence-corrected chi connectivity index (χ4v) is 3.12.